The summed E-state index contributed by atoms with van der Waals surface area (Å²) in [6, 6.07) is 7.88. The molecule has 0 aliphatic carbocycles. The first-order valence-corrected chi connectivity index (χ1v) is 8.53. The number of aldehydes is 1. The summed E-state index contributed by atoms with van der Waals surface area (Å²) in [5.41, 5.74) is 2.01. The van der Waals surface area contributed by atoms with Crippen LogP contribution in [0.15, 0.2) is 46.7 Å². The Morgan fingerprint density at radius 3 is 2.47 bits per heavy atom. The van der Waals surface area contributed by atoms with Gasteiger partial charge in [0.15, 0.2) is 6.29 Å². The van der Waals surface area contributed by atoms with Crippen LogP contribution in [0.4, 0.5) is 17.6 Å². The first-order chi connectivity index (χ1) is 14.2. The van der Waals surface area contributed by atoms with Gasteiger partial charge in [-0.05, 0) is 31.5 Å². The van der Waals surface area contributed by atoms with Crippen molar-refractivity contribution in [3.63, 3.8) is 0 Å². The molecule has 0 saturated heterocycles. The van der Waals surface area contributed by atoms with Gasteiger partial charge in [-0.3, -0.25) is 4.79 Å². The third-order valence-electron chi connectivity index (χ3n) is 3.96. The van der Waals surface area contributed by atoms with Gasteiger partial charge < -0.3 is 14.4 Å². The Morgan fingerprint density at radius 1 is 1.13 bits per heavy atom. The van der Waals surface area contributed by atoms with E-state index >= 15 is 0 Å². The molecule has 160 valence electrons. The van der Waals surface area contributed by atoms with Crippen LogP contribution in [0.2, 0.25) is 0 Å². The Morgan fingerprint density at radius 2 is 1.87 bits per heavy atom. The molecule has 0 unspecified atom stereocenters. The van der Waals surface area contributed by atoms with E-state index in [1.807, 2.05) is 0 Å². The standard InChI is InChI=1S/C20H18F4N2O4/c1-12-5-4-6-16(19(10-27)26-28-3)17(12)11-29-25-13(2)15-8-7-14(9-18(15)21)30-20(22,23)24/h4-10H,11H2,1-3H3/b25-13+,26-19-. The van der Waals surface area contributed by atoms with Gasteiger partial charge in [-0.15, -0.1) is 13.2 Å². The van der Waals surface area contributed by atoms with Crippen LogP contribution < -0.4 is 4.74 Å². The van der Waals surface area contributed by atoms with E-state index in [-0.39, 0.29) is 23.6 Å². The zero-order valence-corrected chi connectivity index (χ0v) is 16.3. The van der Waals surface area contributed by atoms with Crippen molar-refractivity contribution >= 4 is 17.7 Å². The third kappa shape index (κ3) is 6.03. The van der Waals surface area contributed by atoms with Crippen LogP contribution in [0.25, 0.3) is 0 Å². The maximum Gasteiger partial charge on any atom is 0.573 e. The molecular weight excluding hydrogens is 408 g/mol. The summed E-state index contributed by atoms with van der Waals surface area (Å²) >= 11 is 0. The maximum atomic E-state index is 14.1. The van der Waals surface area contributed by atoms with E-state index < -0.39 is 17.9 Å². The molecule has 10 heteroatoms. The van der Waals surface area contributed by atoms with E-state index in [2.05, 4.69) is 19.9 Å². The van der Waals surface area contributed by atoms with E-state index in [1.165, 1.54) is 14.0 Å². The Labute approximate surface area is 169 Å². The van der Waals surface area contributed by atoms with Crippen LogP contribution >= 0.6 is 0 Å². The van der Waals surface area contributed by atoms with Crippen molar-refractivity contribution in [2.24, 2.45) is 10.3 Å². The molecule has 2 aromatic carbocycles. The van der Waals surface area contributed by atoms with Crippen LogP contribution in [0, 0.1) is 12.7 Å². The van der Waals surface area contributed by atoms with E-state index in [0.29, 0.717) is 23.5 Å². The van der Waals surface area contributed by atoms with Gasteiger partial charge in [0.1, 0.15) is 31.0 Å². The highest BCUT2D eigenvalue weighted by molar-refractivity contribution is 6.36. The Bertz CT molecular complexity index is 972. The minimum atomic E-state index is -4.92. The van der Waals surface area contributed by atoms with Crippen LogP contribution in [-0.2, 0) is 21.1 Å². The third-order valence-corrected chi connectivity index (χ3v) is 3.96. The number of hydrogen-bond acceptors (Lipinski definition) is 6. The van der Waals surface area contributed by atoms with Crippen LogP contribution in [0.1, 0.15) is 29.2 Å². The molecule has 0 fully saturated rings. The van der Waals surface area contributed by atoms with E-state index in [4.69, 9.17) is 4.84 Å². The topological polar surface area (TPSA) is 69.5 Å². The molecule has 0 atom stereocenters. The van der Waals surface area contributed by atoms with E-state index in [9.17, 15) is 22.4 Å². The number of alkyl halides is 3. The predicted octanol–water partition coefficient (Wildman–Crippen LogP) is 4.52. The lowest BCUT2D eigenvalue weighted by Gasteiger charge is -2.12. The molecule has 6 nitrogen and oxygen atoms in total. The van der Waals surface area contributed by atoms with Crippen molar-refractivity contribution in [2.75, 3.05) is 7.11 Å². The molecule has 0 aliphatic rings. The fourth-order valence-corrected chi connectivity index (χ4v) is 2.60. The van der Waals surface area contributed by atoms with Gasteiger partial charge in [-0.2, -0.15) is 0 Å². The molecule has 0 bridgehead atoms. The van der Waals surface area contributed by atoms with Crippen molar-refractivity contribution in [1.82, 2.24) is 0 Å². The van der Waals surface area contributed by atoms with Crippen molar-refractivity contribution in [3.05, 3.63) is 64.5 Å². The highest BCUT2D eigenvalue weighted by atomic mass is 19.4. The molecule has 0 radical (unpaired) electrons. The Hall–Kier alpha value is -3.43. The summed E-state index contributed by atoms with van der Waals surface area (Å²) in [6.45, 7) is 3.17. The van der Waals surface area contributed by atoms with E-state index in [0.717, 1.165) is 17.7 Å². The lowest BCUT2D eigenvalue weighted by molar-refractivity contribution is -0.274. The summed E-state index contributed by atoms with van der Waals surface area (Å²) < 4.78 is 54.5. The lowest BCUT2D eigenvalue weighted by Crippen LogP contribution is -2.17. The number of hydrogen-bond donors (Lipinski definition) is 0. The number of rotatable bonds is 8. The van der Waals surface area contributed by atoms with Crippen molar-refractivity contribution in [1.29, 1.82) is 0 Å². The largest absolute Gasteiger partial charge is 0.573 e. The molecular formula is C20H18F4N2O4. The van der Waals surface area contributed by atoms with Gasteiger partial charge in [0, 0.05) is 22.8 Å². The second kappa shape index (κ2) is 9.86. The Balaban J connectivity index is 2.20. The summed E-state index contributed by atoms with van der Waals surface area (Å²) in [4.78, 5) is 21.2. The van der Waals surface area contributed by atoms with Crippen LogP contribution in [0.5, 0.6) is 5.75 Å². The summed E-state index contributed by atoms with van der Waals surface area (Å²) in [5, 5.41) is 7.49. The SMILES string of the molecule is CO/N=C(/C=O)c1cccc(C)c1CO/N=C(\C)c1ccc(OC(F)(F)F)cc1F. The minimum Gasteiger partial charge on any atom is -0.406 e. The number of ether oxygens (including phenoxy) is 1. The molecule has 0 aliphatic heterocycles. The number of aryl methyl sites for hydroxylation is 1. The predicted molar refractivity (Wildman–Crippen MR) is 101 cm³/mol. The Kier molecular flexibility index (Phi) is 7.51. The summed E-state index contributed by atoms with van der Waals surface area (Å²) in [6.07, 6.45) is -4.38. The first kappa shape index (κ1) is 22.9. The molecule has 0 amide bonds. The zero-order valence-electron chi connectivity index (χ0n) is 16.3. The first-order valence-electron chi connectivity index (χ1n) is 8.53. The van der Waals surface area contributed by atoms with Gasteiger partial charge in [0.05, 0.1) is 5.71 Å². The molecule has 2 rings (SSSR count). The number of halogens is 4. The molecule has 0 spiro atoms. The second-order valence-corrected chi connectivity index (χ2v) is 6.02. The zero-order chi connectivity index (χ0) is 22.3. The van der Waals surface area contributed by atoms with E-state index in [1.54, 1.807) is 25.1 Å². The fourth-order valence-electron chi connectivity index (χ4n) is 2.60. The van der Waals surface area contributed by atoms with Gasteiger partial charge in [0.2, 0.25) is 0 Å². The number of benzene rings is 2. The highest BCUT2D eigenvalue weighted by Crippen LogP contribution is 2.25. The van der Waals surface area contributed by atoms with Crippen molar-refractivity contribution in [2.45, 2.75) is 26.8 Å². The number of carbonyl (C=O) groups is 1. The minimum absolute atomic E-state index is 0.0518. The van der Waals surface area contributed by atoms with Gasteiger partial charge in [-0.25, -0.2) is 4.39 Å². The highest BCUT2D eigenvalue weighted by Gasteiger charge is 2.31. The number of carbonyl (C=O) groups excluding carboxylic acids is 1. The van der Waals surface area contributed by atoms with Gasteiger partial charge >= 0.3 is 6.36 Å². The molecule has 2 aromatic rings. The molecule has 0 heterocycles. The van der Waals surface area contributed by atoms with Crippen LogP contribution in [0.3, 0.4) is 0 Å². The quantitative estimate of drug-likeness (QED) is 0.269. The normalized spacial score (nSPS) is 12.5. The average molecular weight is 426 g/mol. The monoisotopic (exact) mass is 426 g/mol. The lowest BCUT2D eigenvalue weighted by atomic mass is 9.99. The van der Waals surface area contributed by atoms with Crippen molar-refractivity contribution in [3.8, 4) is 5.75 Å². The second-order valence-electron chi connectivity index (χ2n) is 6.02. The molecule has 0 aromatic heterocycles. The van der Waals surface area contributed by atoms with Gasteiger partial charge in [0.25, 0.3) is 0 Å². The van der Waals surface area contributed by atoms with Crippen molar-refractivity contribution < 1.29 is 36.8 Å². The summed E-state index contributed by atoms with van der Waals surface area (Å²) in [5.74, 6) is -1.63. The number of oxime groups is 2. The molecule has 0 saturated carbocycles. The molecule has 0 N–H and O–H groups in total. The molecule has 30 heavy (non-hydrogen) atoms. The fraction of sp³-hybridized carbons (Fsp3) is 0.250. The van der Waals surface area contributed by atoms with Crippen LogP contribution in [-0.4, -0.2) is 31.2 Å². The average Bonchev–Trinajstić information content (AvgIpc) is 2.66. The maximum absolute atomic E-state index is 14.1. The van der Waals surface area contributed by atoms with Gasteiger partial charge in [-0.1, -0.05) is 28.5 Å². The number of nitrogens with zero attached hydrogens (tertiary/aromatic N) is 2. The smallest absolute Gasteiger partial charge is 0.406 e. The summed E-state index contributed by atoms with van der Waals surface area (Å²) in [7, 11) is 1.31.